The molecule has 0 bridgehead atoms. The Morgan fingerprint density at radius 1 is 0.971 bits per heavy atom. The number of methoxy groups -OCH3 is 1. The number of carbonyl (C=O) groups excluding carboxylic acids is 2. The zero-order valence-electron chi connectivity index (χ0n) is 20.7. The average Bonchev–Trinajstić information content (AvgIpc) is 2.84. The summed E-state index contributed by atoms with van der Waals surface area (Å²) < 4.78 is 27.5. The summed E-state index contributed by atoms with van der Waals surface area (Å²) in [7, 11) is 1.58. The van der Waals surface area contributed by atoms with Gasteiger partial charge in [0.25, 0.3) is 0 Å². The minimum Gasteiger partial charge on any atom is -0.494 e. The molecule has 1 heterocycles. The van der Waals surface area contributed by atoms with Crippen LogP contribution in [0.2, 0.25) is 0 Å². The van der Waals surface area contributed by atoms with Crippen molar-refractivity contribution in [3.05, 3.63) is 59.3 Å². The molecule has 1 aliphatic heterocycles. The van der Waals surface area contributed by atoms with E-state index in [0.717, 1.165) is 22.4 Å². The normalized spacial score (nSPS) is 14.2. The summed E-state index contributed by atoms with van der Waals surface area (Å²) in [5, 5.41) is 0. The third-order valence-electron chi connectivity index (χ3n) is 5.45. The fraction of sp³-hybridized carbons (Fsp3) is 0.407. The van der Waals surface area contributed by atoms with Crippen LogP contribution < -0.4 is 14.2 Å². The number of carbonyl (C=O) groups is 2. The predicted octanol–water partition coefficient (Wildman–Crippen LogP) is 5.15. The molecule has 35 heavy (non-hydrogen) atoms. The monoisotopic (exact) mass is 483 g/mol. The number of hydrogen-bond donors (Lipinski definition) is 0. The molecular formula is C27H33NO7. The lowest BCUT2D eigenvalue weighted by atomic mass is 9.91. The van der Waals surface area contributed by atoms with Crippen LogP contribution in [0.3, 0.4) is 0 Å². The van der Waals surface area contributed by atoms with Crippen LogP contribution in [-0.2, 0) is 20.7 Å². The van der Waals surface area contributed by atoms with Gasteiger partial charge < -0.3 is 23.7 Å². The molecule has 3 rings (SSSR count). The van der Waals surface area contributed by atoms with Gasteiger partial charge in [0.05, 0.1) is 39.6 Å². The van der Waals surface area contributed by atoms with E-state index in [-0.39, 0.29) is 18.6 Å². The molecule has 1 atom stereocenters. The van der Waals surface area contributed by atoms with E-state index in [2.05, 4.69) is 0 Å². The maximum Gasteiger partial charge on any atom is 0.414 e. The van der Waals surface area contributed by atoms with Gasteiger partial charge in [-0.1, -0.05) is 12.1 Å². The molecule has 0 fully saturated rings. The van der Waals surface area contributed by atoms with E-state index in [1.165, 1.54) is 6.92 Å². The zero-order valence-corrected chi connectivity index (χ0v) is 20.7. The molecule has 8 nitrogen and oxygen atoms in total. The summed E-state index contributed by atoms with van der Waals surface area (Å²) in [4.78, 5) is 25.3. The van der Waals surface area contributed by atoms with Crippen molar-refractivity contribution in [3.63, 3.8) is 0 Å². The minimum atomic E-state index is -0.412. The summed E-state index contributed by atoms with van der Waals surface area (Å²) in [6, 6.07) is 11.4. The fourth-order valence-corrected chi connectivity index (χ4v) is 3.91. The molecule has 0 aromatic heterocycles. The fourth-order valence-electron chi connectivity index (χ4n) is 3.91. The smallest absolute Gasteiger partial charge is 0.414 e. The number of fused-ring (bicyclic) bond motifs is 1. The molecule has 0 saturated carbocycles. The van der Waals surface area contributed by atoms with Crippen LogP contribution in [0.5, 0.6) is 17.2 Å². The van der Waals surface area contributed by atoms with Gasteiger partial charge in [-0.25, -0.2) is 4.79 Å². The highest BCUT2D eigenvalue weighted by atomic mass is 16.6. The lowest BCUT2D eigenvalue weighted by molar-refractivity contribution is -0.141. The van der Waals surface area contributed by atoms with E-state index in [0.29, 0.717) is 44.2 Å². The lowest BCUT2D eigenvalue weighted by Gasteiger charge is -2.33. The Labute approximate surface area is 206 Å². The first-order valence-electron chi connectivity index (χ1n) is 11.8. The number of rotatable bonds is 11. The second kappa shape index (κ2) is 12.7. The second-order valence-corrected chi connectivity index (χ2v) is 7.90. The van der Waals surface area contributed by atoms with Crippen molar-refractivity contribution in [2.24, 2.45) is 0 Å². The molecule has 1 unspecified atom stereocenters. The van der Waals surface area contributed by atoms with E-state index in [4.69, 9.17) is 23.7 Å². The van der Waals surface area contributed by atoms with Gasteiger partial charge in [0.2, 0.25) is 0 Å². The van der Waals surface area contributed by atoms with Gasteiger partial charge in [-0.05, 0) is 67.3 Å². The van der Waals surface area contributed by atoms with Crippen molar-refractivity contribution < 1.29 is 33.3 Å². The predicted molar refractivity (Wildman–Crippen MR) is 132 cm³/mol. The van der Waals surface area contributed by atoms with Gasteiger partial charge in [0, 0.05) is 19.5 Å². The molecule has 0 saturated heterocycles. The molecule has 0 N–H and O–H groups in total. The first-order valence-corrected chi connectivity index (χ1v) is 11.8. The van der Waals surface area contributed by atoms with Crippen molar-refractivity contribution in [3.8, 4) is 17.2 Å². The Hall–Kier alpha value is -3.68. The Kier molecular flexibility index (Phi) is 9.40. The van der Waals surface area contributed by atoms with Crippen molar-refractivity contribution >= 4 is 18.1 Å². The molecule has 0 aliphatic carbocycles. The van der Waals surface area contributed by atoms with Crippen molar-refractivity contribution in [2.45, 2.75) is 39.7 Å². The maximum absolute atomic E-state index is 12.8. The highest BCUT2D eigenvalue weighted by Gasteiger charge is 2.31. The maximum atomic E-state index is 12.8. The lowest BCUT2D eigenvalue weighted by Crippen LogP contribution is -2.34. The third-order valence-corrected chi connectivity index (χ3v) is 5.45. The van der Waals surface area contributed by atoms with E-state index < -0.39 is 6.09 Å². The zero-order chi connectivity index (χ0) is 25.2. The van der Waals surface area contributed by atoms with Crippen molar-refractivity contribution in [1.29, 1.82) is 0 Å². The van der Waals surface area contributed by atoms with Crippen LogP contribution in [0.4, 0.5) is 4.79 Å². The molecule has 2 aromatic rings. The van der Waals surface area contributed by atoms with Crippen molar-refractivity contribution in [1.82, 2.24) is 4.90 Å². The van der Waals surface area contributed by atoms with Crippen LogP contribution in [0.1, 0.15) is 49.9 Å². The van der Waals surface area contributed by atoms with Crippen LogP contribution in [0.25, 0.3) is 6.08 Å². The first-order chi connectivity index (χ1) is 17.0. The molecule has 1 aliphatic rings. The van der Waals surface area contributed by atoms with Gasteiger partial charge in [-0.15, -0.1) is 0 Å². The molecular weight excluding hydrogens is 450 g/mol. The van der Waals surface area contributed by atoms with Crippen molar-refractivity contribution in [2.75, 3.05) is 33.5 Å². The second-order valence-electron chi connectivity index (χ2n) is 7.90. The van der Waals surface area contributed by atoms with E-state index >= 15 is 0 Å². The number of amides is 1. The number of esters is 1. The molecule has 1 amide bonds. The van der Waals surface area contributed by atoms with Gasteiger partial charge in [0.1, 0.15) is 5.75 Å². The van der Waals surface area contributed by atoms with E-state index in [9.17, 15) is 9.59 Å². The number of ether oxygens (including phenoxy) is 5. The number of nitrogens with zero attached hydrogens (tertiary/aromatic N) is 1. The topological polar surface area (TPSA) is 83.5 Å². The summed E-state index contributed by atoms with van der Waals surface area (Å²) in [6.07, 6.45) is 4.32. The molecule has 0 spiro atoms. The standard InChI is InChI=1S/C27H33NO7/c1-5-32-22-10-7-9-20(15-22)16-24-23-18-25(31-4)26(35-14-8-13-34-19(3)29)17-21(23)11-12-28(24)27(30)33-6-2/h7,9-12,15,17-18,24H,5-6,8,13-14,16H2,1-4H3. The van der Waals surface area contributed by atoms with Crippen LogP contribution in [0.15, 0.2) is 42.6 Å². The van der Waals surface area contributed by atoms with Gasteiger partial charge >= 0.3 is 12.1 Å². The Morgan fingerprint density at radius 2 is 1.80 bits per heavy atom. The van der Waals surface area contributed by atoms with Crippen LogP contribution >= 0.6 is 0 Å². The molecule has 2 aromatic carbocycles. The highest BCUT2D eigenvalue weighted by Crippen LogP contribution is 2.40. The van der Waals surface area contributed by atoms with Gasteiger partial charge in [-0.3, -0.25) is 9.69 Å². The number of benzene rings is 2. The Bertz CT molecular complexity index is 1050. The van der Waals surface area contributed by atoms with Crippen LogP contribution in [-0.4, -0.2) is 50.5 Å². The summed E-state index contributed by atoms with van der Waals surface area (Å²) in [6.45, 7) is 6.63. The quantitative estimate of drug-likeness (QED) is 0.323. The van der Waals surface area contributed by atoms with Crippen LogP contribution in [0, 0.1) is 0 Å². The summed E-state index contributed by atoms with van der Waals surface area (Å²) in [5.41, 5.74) is 2.88. The minimum absolute atomic E-state index is 0.284. The van der Waals surface area contributed by atoms with E-state index in [1.807, 2.05) is 49.4 Å². The molecule has 0 radical (unpaired) electrons. The summed E-state index contributed by atoms with van der Waals surface area (Å²) >= 11 is 0. The molecule has 8 heteroatoms. The van der Waals surface area contributed by atoms with E-state index in [1.54, 1.807) is 25.1 Å². The highest BCUT2D eigenvalue weighted by molar-refractivity contribution is 5.75. The van der Waals surface area contributed by atoms with Gasteiger partial charge in [-0.2, -0.15) is 0 Å². The average molecular weight is 484 g/mol. The number of hydrogen-bond acceptors (Lipinski definition) is 7. The Balaban J connectivity index is 1.89. The first kappa shape index (κ1) is 25.9. The SMILES string of the molecule is CCOC(=O)N1C=Cc2cc(OCCCOC(C)=O)c(OC)cc2C1Cc1cccc(OCC)c1. The van der Waals surface area contributed by atoms with Gasteiger partial charge in [0.15, 0.2) is 11.5 Å². The third kappa shape index (κ3) is 6.91. The molecule has 188 valence electrons. The summed E-state index contributed by atoms with van der Waals surface area (Å²) in [5.74, 6) is 1.61. The largest absolute Gasteiger partial charge is 0.494 e. The Morgan fingerprint density at radius 3 is 2.51 bits per heavy atom.